The fraction of sp³-hybridized carbons (Fsp3) is 1.00. The van der Waals surface area contributed by atoms with Gasteiger partial charge in [-0.15, -0.1) is 0 Å². The van der Waals surface area contributed by atoms with Crippen LogP contribution >= 0.6 is 0 Å². The van der Waals surface area contributed by atoms with E-state index in [9.17, 15) is 0 Å². The second-order valence-electron chi connectivity index (χ2n) is 5.83. The molecule has 0 radical (unpaired) electrons. The predicted molar refractivity (Wildman–Crippen MR) is 73.7 cm³/mol. The second kappa shape index (κ2) is 6.02. The third-order valence-electron chi connectivity index (χ3n) is 4.13. The Labute approximate surface area is 103 Å². The van der Waals surface area contributed by atoms with Crippen LogP contribution in [0.1, 0.15) is 61.3 Å². The molecule has 98 valence electrons. The van der Waals surface area contributed by atoms with Gasteiger partial charge in [0.2, 0.25) is 0 Å². The van der Waals surface area contributed by atoms with Crippen molar-refractivity contribution in [3.63, 3.8) is 0 Å². The molecule has 16 heavy (non-hydrogen) atoms. The Morgan fingerprint density at radius 3 is 1.50 bits per heavy atom. The Morgan fingerprint density at radius 1 is 0.938 bits per heavy atom. The van der Waals surface area contributed by atoms with E-state index in [1.54, 1.807) is 0 Å². The van der Waals surface area contributed by atoms with Crippen LogP contribution < -0.4 is 5.73 Å². The van der Waals surface area contributed by atoms with Gasteiger partial charge in [0.15, 0.2) is 0 Å². The van der Waals surface area contributed by atoms with Gasteiger partial charge in [-0.2, -0.15) is 0 Å². The van der Waals surface area contributed by atoms with Crippen molar-refractivity contribution in [2.45, 2.75) is 72.9 Å². The first kappa shape index (κ1) is 15.9. The molecule has 2 heteroatoms. The van der Waals surface area contributed by atoms with Gasteiger partial charge in [0.1, 0.15) is 0 Å². The topological polar surface area (TPSA) is 29.3 Å². The zero-order valence-corrected chi connectivity index (χ0v) is 12.4. The van der Waals surface area contributed by atoms with Crippen molar-refractivity contribution < 1.29 is 0 Å². The third kappa shape index (κ3) is 2.98. The van der Waals surface area contributed by atoms with Gasteiger partial charge in [0, 0.05) is 11.6 Å². The number of rotatable bonds is 6. The molecule has 0 aromatic heterocycles. The zero-order valence-electron chi connectivity index (χ0n) is 12.4. The maximum Gasteiger partial charge on any atom is 0.0360 e. The number of nitrogens with two attached hydrogens (primary N) is 1. The van der Waals surface area contributed by atoms with Crippen LogP contribution in [0.5, 0.6) is 0 Å². The molecule has 2 N–H and O–H groups in total. The lowest BCUT2D eigenvalue weighted by molar-refractivity contribution is 0.0243. The van der Waals surface area contributed by atoms with Crippen molar-refractivity contribution >= 4 is 0 Å². The van der Waals surface area contributed by atoms with Gasteiger partial charge in [-0.05, 0) is 31.3 Å². The number of hydrogen-bond donors (Lipinski definition) is 1. The highest BCUT2D eigenvalue weighted by Crippen LogP contribution is 2.35. The highest BCUT2D eigenvalue weighted by Gasteiger charge is 2.43. The zero-order chi connectivity index (χ0) is 13.0. The largest absolute Gasteiger partial charge is 0.326 e. The van der Waals surface area contributed by atoms with Crippen LogP contribution in [-0.2, 0) is 0 Å². The summed E-state index contributed by atoms with van der Waals surface area (Å²) < 4.78 is 0. The van der Waals surface area contributed by atoms with E-state index in [-0.39, 0.29) is 17.0 Å². The Bertz CT molecular complexity index is 185. The van der Waals surface area contributed by atoms with E-state index in [0.29, 0.717) is 0 Å². The molecule has 0 aromatic carbocycles. The van der Waals surface area contributed by atoms with Crippen LogP contribution in [0.3, 0.4) is 0 Å². The average Bonchev–Trinajstić information content (AvgIpc) is 2.24. The van der Waals surface area contributed by atoms with E-state index < -0.39 is 0 Å². The summed E-state index contributed by atoms with van der Waals surface area (Å²) in [5.74, 6) is 0. The Kier molecular flexibility index (Phi) is 5.99. The highest BCUT2D eigenvalue weighted by molar-refractivity contribution is 5.01. The second-order valence-corrected chi connectivity index (χ2v) is 5.83. The number of nitrogens with zero attached hydrogens (tertiary/aromatic N) is 1. The van der Waals surface area contributed by atoms with Crippen molar-refractivity contribution in [3.8, 4) is 0 Å². The Morgan fingerprint density at radius 2 is 1.31 bits per heavy atom. The first-order valence-electron chi connectivity index (χ1n) is 6.80. The quantitative estimate of drug-likeness (QED) is 0.756. The van der Waals surface area contributed by atoms with Gasteiger partial charge < -0.3 is 5.73 Å². The molecule has 1 atom stereocenters. The number of hydrogen-bond acceptors (Lipinski definition) is 2. The molecule has 0 fully saturated rings. The standard InChI is InChI=1S/C14H32N2/c1-8-14(9-2,16(10-3)11-4)12(15)13(5,6)7/h12H,8-11,15H2,1-7H3. The minimum Gasteiger partial charge on any atom is -0.326 e. The predicted octanol–water partition coefficient (Wildman–Crippen LogP) is 3.26. The fourth-order valence-electron chi connectivity index (χ4n) is 2.99. The van der Waals surface area contributed by atoms with Gasteiger partial charge in [0.05, 0.1) is 0 Å². The van der Waals surface area contributed by atoms with Crippen molar-refractivity contribution in [1.29, 1.82) is 0 Å². The van der Waals surface area contributed by atoms with Gasteiger partial charge in [-0.25, -0.2) is 0 Å². The van der Waals surface area contributed by atoms with E-state index >= 15 is 0 Å². The summed E-state index contributed by atoms with van der Waals surface area (Å²) in [6.07, 6.45) is 2.26. The molecule has 0 saturated heterocycles. The van der Waals surface area contributed by atoms with Gasteiger partial charge in [-0.1, -0.05) is 48.5 Å². The molecule has 0 aliphatic heterocycles. The van der Waals surface area contributed by atoms with E-state index in [4.69, 9.17) is 5.73 Å². The molecule has 0 aliphatic rings. The monoisotopic (exact) mass is 228 g/mol. The minimum atomic E-state index is 0.155. The smallest absolute Gasteiger partial charge is 0.0360 e. The lowest BCUT2D eigenvalue weighted by Crippen LogP contribution is -2.63. The van der Waals surface area contributed by atoms with Gasteiger partial charge >= 0.3 is 0 Å². The van der Waals surface area contributed by atoms with Crippen LogP contribution in [0.15, 0.2) is 0 Å². The van der Waals surface area contributed by atoms with Crippen molar-refractivity contribution in [2.75, 3.05) is 13.1 Å². The summed E-state index contributed by atoms with van der Waals surface area (Å²) >= 11 is 0. The molecular weight excluding hydrogens is 196 g/mol. The Balaban J connectivity index is 5.23. The maximum absolute atomic E-state index is 6.56. The molecule has 0 rings (SSSR count). The number of likely N-dealkylation sites (N-methyl/N-ethyl adjacent to an activating group) is 1. The molecule has 0 heterocycles. The molecule has 0 aromatic rings. The van der Waals surface area contributed by atoms with Crippen molar-refractivity contribution in [3.05, 3.63) is 0 Å². The van der Waals surface area contributed by atoms with Crippen LogP contribution in [-0.4, -0.2) is 29.6 Å². The molecule has 0 saturated carbocycles. The fourth-order valence-corrected chi connectivity index (χ4v) is 2.99. The molecule has 0 aliphatic carbocycles. The Hall–Kier alpha value is -0.0800. The minimum absolute atomic E-state index is 0.155. The molecule has 1 unspecified atom stereocenters. The summed E-state index contributed by atoms with van der Waals surface area (Å²) in [7, 11) is 0. The van der Waals surface area contributed by atoms with Crippen molar-refractivity contribution in [2.24, 2.45) is 11.1 Å². The van der Waals surface area contributed by atoms with Crippen LogP contribution in [0, 0.1) is 5.41 Å². The summed E-state index contributed by atoms with van der Waals surface area (Å²) in [5.41, 5.74) is 6.88. The van der Waals surface area contributed by atoms with Crippen LogP contribution in [0.25, 0.3) is 0 Å². The lowest BCUT2D eigenvalue weighted by atomic mass is 9.71. The van der Waals surface area contributed by atoms with Crippen LogP contribution in [0.2, 0.25) is 0 Å². The molecule has 0 spiro atoms. The van der Waals surface area contributed by atoms with Gasteiger partial charge in [-0.3, -0.25) is 4.90 Å². The van der Waals surface area contributed by atoms with E-state index in [1.165, 1.54) is 0 Å². The van der Waals surface area contributed by atoms with E-state index in [1.807, 2.05) is 0 Å². The highest BCUT2D eigenvalue weighted by atomic mass is 15.2. The first-order chi connectivity index (χ1) is 7.30. The third-order valence-corrected chi connectivity index (χ3v) is 4.13. The SMILES string of the molecule is CCN(CC)C(CC)(CC)C(N)C(C)(C)C. The van der Waals surface area contributed by atoms with E-state index in [0.717, 1.165) is 25.9 Å². The first-order valence-corrected chi connectivity index (χ1v) is 6.80. The summed E-state index contributed by atoms with van der Waals surface area (Å²) in [4.78, 5) is 2.54. The normalized spacial score (nSPS) is 15.6. The summed E-state index contributed by atoms with van der Waals surface area (Å²) in [5, 5.41) is 0. The van der Waals surface area contributed by atoms with Gasteiger partial charge in [0.25, 0.3) is 0 Å². The average molecular weight is 228 g/mol. The molecule has 0 bridgehead atoms. The maximum atomic E-state index is 6.56. The van der Waals surface area contributed by atoms with Crippen molar-refractivity contribution in [1.82, 2.24) is 4.90 Å². The summed E-state index contributed by atoms with van der Waals surface area (Å²) in [6.45, 7) is 17.9. The lowest BCUT2D eigenvalue weighted by Gasteiger charge is -2.51. The molecular formula is C14H32N2. The summed E-state index contributed by atoms with van der Waals surface area (Å²) in [6, 6.07) is 0.217. The van der Waals surface area contributed by atoms with Crippen LogP contribution in [0.4, 0.5) is 0 Å². The molecule has 0 amide bonds. The van der Waals surface area contributed by atoms with E-state index in [2.05, 4.69) is 53.4 Å². The molecule has 2 nitrogen and oxygen atoms in total.